The Bertz CT molecular complexity index is 1120. The van der Waals surface area contributed by atoms with Crippen LogP contribution in [0.15, 0.2) is 18.3 Å². The van der Waals surface area contributed by atoms with Crippen LogP contribution >= 0.6 is 12.2 Å². The normalized spacial score (nSPS) is 14.9. The van der Waals surface area contributed by atoms with E-state index in [1.54, 1.807) is 0 Å². The highest BCUT2D eigenvalue weighted by atomic mass is 32.1. The quantitative estimate of drug-likeness (QED) is 0.286. The summed E-state index contributed by atoms with van der Waals surface area (Å²) in [5.41, 5.74) is 4.34. The Balaban J connectivity index is 0.000000273. The van der Waals surface area contributed by atoms with Gasteiger partial charge in [0.05, 0.1) is 18.9 Å². The van der Waals surface area contributed by atoms with Crippen LogP contribution in [0.5, 0.6) is 5.75 Å². The molecule has 11 nitrogen and oxygen atoms in total. The number of imidazole rings is 1. The first kappa shape index (κ1) is 26.9. The lowest BCUT2D eigenvalue weighted by Crippen LogP contribution is -2.42. The summed E-state index contributed by atoms with van der Waals surface area (Å²) in [6.45, 7) is 0.791. The molecule has 0 spiro atoms. The predicted octanol–water partition coefficient (Wildman–Crippen LogP) is 1.25. The third kappa shape index (κ3) is 6.59. The Morgan fingerprint density at radius 1 is 1.21 bits per heavy atom. The zero-order chi connectivity index (χ0) is 25.6. The van der Waals surface area contributed by atoms with Crippen molar-refractivity contribution in [3.05, 3.63) is 46.0 Å². The highest BCUT2D eigenvalue weighted by Gasteiger charge is 2.40. The van der Waals surface area contributed by atoms with Gasteiger partial charge in [-0.1, -0.05) is 0 Å². The fourth-order valence-corrected chi connectivity index (χ4v) is 3.78. The van der Waals surface area contributed by atoms with Crippen LogP contribution in [0.25, 0.3) is 0 Å². The first-order valence-electron chi connectivity index (χ1n) is 9.87. The second-order valence-corrected chi connectivity index (χ2v) is 7.90. The minimum Gasteiger partial charge on any atom is -0.488 e. The van der Waals surface area contributed by atoms with Gasteiger partial charge in [-0.25, -0.2) is 13.6 Å². The van der Waals surface area contributed by atoms with Crippen molar-refractivity contribution in [2.24, 2.45) is 5.73 Å². The summed E-state index contributed by atoms with van der Waals surface area (Å²) in [5, 5.41) is 33.8. The summed E-state index contributed by atoms with van der Waals surface area (Å²) in [6.07, 6.45) is 0.669. The van der Waals surface area contributed by atoms with Crippen LogP contribution in [0.1, 0.15) is 30.1 Å². The van der Waals surface area contributed by atoms with Gasteiger partial charge >= 0.3 is 17.9 Å². The van der Waals surface area contributed by atoms with E-state index in [-0.39, 0.29) is 11.8 Å². The molecule has 0 amide bonds. The topological polar surface area (TPSA) is 188 Å². The molecule has 7 N–H and O–H groups in total. The van der Waals surface area contributed by atoms with Gasteiger partial charge < -0.3 is 40.4 Å². The molecule has 1 atom stereocenters. The van der Waals surface area contributed by atoms with Crippen molar-refractivity contribution in [1.82, 2.24) is 9.55 Å². The van der Waals surface area contributed by atoms with Crippen molar-refractivity contribution in [3.63, 3.8) is 0 Å². The molecular weight excluding hydrogens is 480 g/mol. The van der Waals surface area contributed by atoms with Crippen molar-refractivity contribution < 1.29 is 48.3 Å². The lowest BCUT2D eigenvalue weighted by Gasteiger charge is -2.27. The van der Waals surface area contributed by atoms with Gasteiger partial charge in [-0.3, -0.25) is 9.59 Å². The van der Waals surface area contributed by atoms with Crippen molar-refractivity contribution >= 4 is 30.1 Å². The maximum atomic E-state index is 13.7. The lowest BCUT2D eigenvalue weighted by atomic mass is 9.96. The van der Waals surface area contributed by atoms with Crippen LogP contribution in [0.2, 0.25) is 0 Å². The number of halogens is 2. The number of carbonyl (C=O) groups is 3. The lowest BCUT2D eigenvalue weighted by molar-refractivity contribution is -0.170. The maximum absolute atomic E-state index is 13.7. The number of rotatable bonds is 8. The second kappa shape index (κ2) is 11.2. The van der Waals surface area contributed by atoms with Gasteiger partial charge in [0.25, 0.3) is 0 Å². The number of carboxylic acids is 3. The van der Waals surface area contributed by atoms with E-state index in [1.807, 2.05) is 10.8 Å². The van der Waals surface area contributed by atoms with Crippen LogP contribution in [0.4, 0.5) is 8.78 Å². The van der Waals surface area contributed by atoms with Gasteiger partial charge in [0.2, 0.25) is 0 Å². The van der Waals surface area contributed by atoms with Gasteiger partial charge in [-0.15, -0.1) is 0 Å². The number of aromatic amines is 1. The number of nitrogens with two attached hydrogens (primary N) is 1. The van der Waals surface area contributed by atoms with Crippen LogP contribution in [0, 0.1) is 16.4 Å². The van der Waals surface area contributed by atoms with Crippen LogP contribution in [-0.2, 0) is 27.2 Å². The van der Waals surface area contributed by atoms with E-state index in [2.05, 4.69) is 4.98 Å². The summed E-state index contributed by atoms with van der Waals surface area (Å²) < 4.78 is 35.0. The number of aliphatic carboxylic acids is 3. The first-order valence-corrected chi connectivity index (χ1v) is 10.3. The molecule has 0 saturated carbocycles. The van der Waals surface area contributed by atoms with Crippen LogP contribution in [-0.4, -0.2) is 66.6 Å². The van der Waals surface area contributed by atoms with E-state index in [0.717, 1.165) is 11.8 Å². The number of carboxylic acid groups (broad SMARTS) is 3. The van der Waals surface area contributed by atoms with Gasteiger partial charge in [0, 0.05) is 36.4 Å². The molecular formula is C20H23F2N3O8S. The highest BCUT2D eigenvalue weighted by molar-refractivity contribution is 7.71. The molecule has 1 aliphatic rings. The smallest absolute Gasteiger partial charge is 0.336 e. The Hall–Kier alpha value is -3.36. The Kier molecular flexibility index (Phi) is 8.84. The average Bonchev–Trinajstić information content (AvgIpc) is 3.07. The Morgan fingerprint density at radius 3 is 2.35 bits per heavy atom. The van der Waals surface area contributed by atoms with Crippen molar-refractivity contribution in [2.45, 2.75) is 37.3 Å². The summed E-state index contributed by atoms with van der Waals surface area (Å²) in [4.78, 5) is 33.5. The van der Waals surface area contributed by atoms with Gasteiger partial charge in [0.1, 0.15) is 12.4 Å². The van der Waals surface area contributed by atoms with Crippen LogP contribution < -0.4 is 10.5 Å². The van der Waals surface area contributed by atoms with Gasteiger partial charge in [-0.2, -0.15) is 0 Å². The fraction of sp³-hybridized carbons (Fsp3) is 0.400. The first-order chi connectivity index (χ1) is 15.9. The van der Waals surface area contributed by atoms with E-state index in [1.165, 1.54) is 6.07 Å². The van der Waals surface area contributed by atoms with Gasteiger partial charge in [0.15, 0.2) is 21.9 Å². The number of H-pyrrole nitrogens is 1. The standard InChI is InChI=1S/C14H15F2N3OS.C6H8O7/c15-9-3-8-4-11(7-20-13(8)12(16)5-9)19-10(1-2-17)6-18-14(19)21;7-3(8)1-6(13,5(11)12)2-4(9)10/h3,5-6,11H,1-2,4,7,17H2,(H,18,21);13H,1-2H2,(H,7,8)(H,9,10)(H,11,12)/t11-;/m1./s1. The zero-order valence-corrected chi connectivity index (χ0v) is 18.5. The molecule has 1 aromatic carbocycles. The SMILES string of the molecule is NCCc1c[nH]c(=S)n1[C@H]1COc2c(F)cc(F)cc2C1.O=C(O)CC(O)(CC(=O)O)C(=O)O. The molecule has 186 valence electrons. The van der Waals surface area contributed by atoms with Gasteiger partial charge in [-0.05, 0) is 24.8 Å². The molecule has 0 radical (unpaired) electrons. The number of aromatic nitrogens is 2. The third-order valence-corrected chi connectivity index (χ3v) is 5.22. The zero-order valence-electron chi connectivity index (χ0n) is 17.7. The summed E-state index contributed by atoms with van der Waals surface area (Å²) >= 11 is 5.28. The molecule has 0 saturated heterocycles. The number of hydrogen-bond acceptors (Lipinski definition) is 7. The molecule has 0 bridgehead atoms. The molecule has 2 heterocycles. The summed E-state index contributed by atoms with van der Waals surface area (Å²) in [7, 11) is 0. The molecule has 0 fully saturated rings. The molecule has 14 heteroatoms. The highest BCUT2D eigenvalue weighted by Crippen LogP contribution is 2.33. The monoisotopic (exact) mass is 503 g/mol. The number of benzene rings is 1. The van der Waals surface area contributed by atoms with E-state index in [9.17, 15) is 23.2 Å². The molecule has 0 aliphatic carbocycles. The maximum Gasteiger partial charge on any atom is 0.336 e. The second-order valence-electron chi connectivity index (χ2n) is 7.52. The minimum atomic E-state index is -2.74. The Morgan fingerprint density at radius 2 is 1.82 bits per heavy atom. The molecule has 3 rings (SSSR count). The molecule has 2 aromatic rings. The summed E-state index contributed by atoms with van der Waals surface area (Å²) in [5.74, 6) is -6.15. The third-order valence-electron chi connectivity index (χ3n) is 4.90. The summed E-state index contributed by atoms with van der Waals surface area (Å²) in [6, 6.07) is 2.05. The number of aliphatic hydroxyl groups is 1. The minimum absolute atomic E-state index is 0.0981. The number of fused-ring (bicyclic) bond motifs is 1. The number of nitrogens with one attached hydrogen (secondary N) is 1. The molecule has 0 unspecified atom stereocenters. The molecule has 1 aromatic heterocycles. The van der Waals surface area contributed by atoms with Crippen molar-refractivity contribution in [3.8, 4) is 5.75 Å². The molecule has 1 aliphatic heterocycles. The largest absolute Gasteiger partial charge is 0.488 e. The number of hydrogen-bond donors (Lipinski definition) is 6. The van der Waals surface area contributed by atoms with E-state index in [4.69, 9.17) is 43.1 Å². The number of nitrogens with zero attached hydrogens (tertiary/aromatic N) is 1. The van der Waals surface area contributed by atoms with E-state index >= 15 is 0 Å². The molecule has 34 heavy (non-hydrogen) atoms. The van der Waals surface area contributed by atoms with Crippen molar-refractivity contribution in [1.29, 1.82) is 0 Å². The predicted molar refractivity (Wildman–Crippen MR) is 114 cm³/mol. The average molecular weight is 503 g/mol. The number of ether oxygens (including phenoxy) is 1. The Labute approximate surface area is 196 Å². The fourth-order valence-electron chi connectivity index (χ4n) is 3.45. The van der Waals surface area contributed by atoms with E-state index < -0.39 is 48.0 Å². The van der Waals surface area contributed by atoms with E-state index in [0.29, 0.717) is 36.3 Å². The van der Waals surface area contributed by atoms with Crippen LogP contribution in [0.3, 0.4) is 0 Å². The van der Waals surface area contributed by atoms with Crippen molar-refractivity contribution in [2.75, 3.05) is 13.2 Å².